The molecular formula is C30H48O5. The lowest BCUT2D eigenvalue weighted by atomic mass is 9.32. The summed E-state index contributed by atoms with van der Waals surface area (Å²) in [7, 11) is 0. The molecule has 0 heterocycles. The van der Waals surface area contributed by atoms with E-state index < -0.39 is 29.0 Å². The third kappa shape index (κ3) is 2.95. The second-order valence-electron chi connectivity index (χ2n) is 14.5. The number of aliphatic hydroxyl groups excluding tert-OH is 3. The quantitative estimate of drug-likeness (QED) is 0.418. The Labute approximate surface area is 211 Å². The highest BCUT2D eigenvalue weighted by Gasteiger charge is 2.72. The lowest BCUT2D eigenvalue weighted by Gasteiger charge is -2.73. The first kappa shape index (κ1) is 25.7. The molecule has 0 aromatic heterocycles. The van der Waals surface area contributed by atoms with Gasteiger partial charge in [-0.25, -0.2) is 0 Å². The van der Waals surface area contributed by atoms with Crippen LogP contribution in [-0.4, -0.2) is 45.2 Å². The van der Waals surface area contributed by atoms with Crippen LogP contribution in [-0.2, 0) is 4.79 Å². The number of fused-ring (bicyclic) bond motifs is 7. The maximum atomic E-state index is 12.8. The lowest BCUT2D eigenvalue weighted by Crippen LogP contribution is -2.69. The Hall–Kier alpha value is -0.910. The van der Waals surface area contributed by atoms with Gasteiger partial charge in [-0.1, -0.05) is 39.8 Å². The Morgan fingerprint density at radius 1 is 0.914 bits per heavy atom. The van der Waals surface area contributed by atoms with E-state index in [1.165, 1.54) is 0 Å². The number of aliphatic hydroxyl groups is 3. The predicted octanol–water partition coefficient (Wildman–Crippen LogP) is 5.03. The number of allylic oxidation sites excluding steroid dienone is 1. The van der Waals surface area contributed by atoms with Crippen molar-refractivity contribution < 1.29 is 25.2 Å². The largest absolute Gasteiger partial charge is 0.481 e. The molecule has 5 nitrogen and oxygen atoms in total. The summed E-state index contributed by atoms with van der Waals surface area (Å²) in [5, 5.41) is 42.9. The van der Waals surface area contributed by atoms with E-state index in [9.17, 15) is 25.2 Å². The molecule has 0 aromatic rings. The average molecular weight is 489 g/mol. The van der Waals surface area contributed by atoms with Crippen LogP contribution >= 0.6 is 0 Å². The molecule has 5 rings (SSSR count). The van der Waals surface area contributed by atoms with Crippen molar-refractivity contribution in [2.24, 2.45) is 56.7 Å². The molecule has 0 aliphatic heterocycles. The Morgan fingerprint density at radius 3 is 2.20 bits per heavy atom. The monoisotopic (exact) mass is 488 g/mol. The molecule has 0 bridgehead atoms. The van der Waals surface area contributed by atoms with E-state index in [0.29, 0.717) is 18.3 Å². The van der Waals surface area contributed by atoms with Crippen LogP contribution in [0.2, 0.25) is 0 Å². The van der Waals surface area contributed by atoms with Gasteiger partial charge in [-0.3, -0.25) is 4.79 Å². The standard InChI is InChI=1S/C30H48O5/c1-17(2)18-9-12-30(25(34)35)14-13-28(5)19(23(18)30)7-8-22-26(3)15-20(32)24(33)27(4,16-31)21(26)10-11-29(22,28)6/h18-24,31-33H,1,7-16H2,2-6H3,(H,34,35)/t18-,19+,20-,21+,22+,23+,24-,26-,27-,28+,29+,30-/m0/s1. The summed E-state index contributed by atoms with van der Waals surface area (Å²) in [6, 6.07) is 0. The fourth-order valence-corrected chi connectivity index (χ4v) is 11.7. The van der Waals surface area contributed by atoms with Crippen LogP contribution in [0.3, 0.4) is 0 Å². The Bertz CT molecular complexity index is 916. The molecule has 35 heavy (non-hydrogen) atoms. The second kappa shape index (κ2) is 7.80. The molecule has 5 saturated carbocycles. The van der Waals surface area contributed by atoms with Crippen molar-refractivity contribution in [1.29, 1.82) is 0 Å². The summed E-state index contributed by atoms with van der Waals surface area (Å²) in [5.41, 5.74) is -0.268. The maximum Gasteiger partial charge on any atom is 0.309 e. The summed E-state index contributed by atoms with van der Waals surface area (Å²) < 4.78 is 0. The molecule has 12 atom stereocenters. The molecule has 0 aromatic carbocycles. The molecule has 0 unspecified atom stereocenters. The molecule has 0 radical (unpaired) electrons. The van der Waals surface area contributed by atoms with Gasteiger partial charge >= 0.3 is 5.97 Å². The molecule has 5 heteroatoms. The first-order chi connectivity index (χ1) is 16.2. The minimum Gasteiger partial charge on any atom is -0.481 e. The summed E-state index contributed by atoms with van der Waals surface area (Å²) in [6.07, 6.45) is 6.29. The molecular weight excluding hydrogens is 440 g/mol. The minimum absolute atomic E-state index is 0.0299. The van der Waals surface area contributed by atoms with Gasteiger partial charge in [-0.05, 0) is 111 Å². The van der Waals surface area contributed by atoms with E-state index in [4.69, 9.17) is 0 Å². The third-order valence-corrected chi connectivity index (χ3v) is 13.6. The first-order valence-electron chi connectivity index (χ1n) is 14.1. The van der Waals surface area contributed by atoms with Crippen molar-refractivity contribution in [2.75, 3.05) is 6.61 Å². The lowest BCUT2D eigenvalue weighted by molar-refractivity contribution is -0.270. The minimum atomic E-state index is -0.900. The van der Waals surface area contributed by atoms with Crippen molar-refractivity contribution in [1.82, 2.24) is 0 Å². The van der Waals surface area contributed by atoms with E-state index >= 15 is 0 Å². The molecule has 5 aliphatic rings. The zero-order chi connectivity index (χ0) is 25.8. The van der Waals surface area contributed by atoms with Gasteiger partial charge in [0.1, 0.15) is 0 Å². The number of hydrogen-bond donors (Lipinski definition) is 4. The molecule has 5 aliphatic carbocycles. The van der Waals surface area contributed by atoms with E-state index in [1.54, 1.807) is 0 Å². The fourth-order valence-electron chi connectivity index (χ4n) is 11.7. The topological polar surface area (TPSA) is 98.0 Å². The zero-order valence-electron chi connectivity index (χ0n) is 22.5. The van der Waals surface area contributed by atoms with Crippen LogP contribution in [0.5, 0.6) is 0 Å². The van der Waals surface area contributed by atoms with Crippen LogP contribution in [0.15, 0.2) is 12.2 Å². The van der Waals surface area contributed by atoms with Crippen molar-refractivity contribution in [3.05, 3.63) is 12.2 Å². The predicted molar refractivity (Wildman–Crippen MR) is 135 cm³/mol. The van der Waals surface area contributed by atoms with E-state index in [-0.39, 0.29) is 40.6 Å². The number of aliphatic carboxylic acids is 1. The van der Waals surface area contributed by atoms with Crippen molar-refractivity contribution in [3.8, 4) is 0 Å². The summed E-state index contributed by atoms with van der Waals surface area (Å²) >= 11 is 0. The van der Waals surface area contributed by atoms with Crippen molar-refractivity contribution in [2.45, 2.75) is 105 Å². The fraction of sp³-hybridized carbons (Fsp3) is 0.900. The normalized spacial score (nSPS) is 57.4. The Kier molecular flexibility index (Phi) is 5.73. The van der Waals surface area contributed by atoms with Crippen LogP contribution in [0, 0.1) is 56.7 Å². The Morgan fingerprint density at radius 2 is 1.60 bits per heavy atom. The first-order valence-corrected chi connectivity index (χ1v) is 14.1. The Balaban J connectivity index is 1.58. The number of rotatable bonds is 3. The molecule has 0 amide bonds. The number of hydrogen-bond acceptors (Lipinski definition) is 4. The summed E-state index contributed by atoms with van der Waals surface area (Å²) in [6.45, 7) is 15.5. The highest BCUT2D eigenvalue weighted by molar-refractivity contribution is 5.76. The zero-order valence-corrected chi connectivity index (χ0v) is 22.5. The molecule has 0 saturated heterocycles. The van der Waals surface area contributed by atoms with Gasteiger partial charge < -0.3 is 20.4 Å². The number of carbonyl (C=O) groups is 1. The third-order valence-electron chi connectivity index (χ3n) is 13.6. The highest BCUT2D eigenvalue weighted by Crippen LogP contribution is 2.77. The van der Waals surface area contributed by atoms with E-state index in [2.05, 4.69) is 34.3 Å². The number of carboxylic acid groups (broad SMARTS) is 1. The van der Waals surface area contributed by atoms with Gasteiger partial charge in [-0.2, -0.15) is 0 Å². The van der Waals surface area contributed by atoms with Crippen LogP contribution in [0.4, 0.5) is 0 Å². The van der Waals surface area contributed by atoms with Crippen LogP contribution in [0.1, 0.15) is 92.4 Å². The molecule has 198 valence electrons. The van der Waals surface area contributed by atoms with E-state index in [0.717, 1.165) is 56.9 Å². The number of carboxylic acids is 1. The van der Waals surface area contributed by atoms with Crippen molar-refractivity contribution in [3.63, 3.8) is 0 Å². The molecule has 4 N–H and O–H groups in total. The summed E-state index contributed by atoms with van der Waals surface area (Å²) in [5.74, 6) is 0.742. The van der Waals surface area contributed by atoms with Gasteiger partial charge in [0.05, 0.1) is 24.2 Å². The molecule has 5 fully saturated rings. The molecule has 0 spiro atoms. The van der Waals surface area contributed by atoms with Crippen LogP contribution < -0.4 is 0 Å². The maximum absolute atomic E-state index is 12.8. The smallest absolute Gasteiger partial charge is 0.309 e. The second-order valence-corrected chi connectivity index (χ2v) is 14.5. The van der Waals surface area contributed by atoms with Gasteiger partial charge in [0.2, 0.25) is 0 Å². The van der Waals surface area contributed by atoms with Gasteiger partial charge in [0.25, 0.3) is 0 Å². The highest BCUT2D eigenvalue weighted by atomic mass is 16.4. The van der Waals surface area contributed by atoms with Gasteiger partial charge in [-0.15, -0.1) is 0 Å². The van der Waals surface area contributed by atoms with Gasteiger partial charge in [0, 0.05) is 5.41 Å². The summed E-state index contributed by atoms with van der Waals surface area (Å²) in [4.78, 5) is 12.8. The van der Waals surface area contributed by atoms with Crippen LogP contribution in [0.25, 0.3) is 0 Å². The van der Waals surface area contributed by atoms with Gasteiger partial charge in [0.15, 0.2) is 0 Å². The average Bonchev–Trinajstić information content (AvgIpc) is 3.19. The SMILES string of the molecule is C=C(C)[C@@H]1CC[C@]2(C(=O)O)CC[C@]3(C)[C@H](CC[C@@H]4[C@@]5(C)C[C@H](O)[C@H](O)[C@@](C)(CO)[C@@H]5CC[C@]43C)[C@@H]12. The van der Waals surface area contributed by atoms with E-state index in [1.807, 2.05) is 6.92 Å². The van der Waals surface area contributed by atoms with Crippen molar-refractivity contribution >= 4 is 5.97 Å².